The van der Waals surface area contributed by atoms with E-state index < -0.39 is 5.82 Å². The zero-order chi connectivity index (χ0) is 12.4. The van der Waals surface area contributed by atoms with Gasteiger partial charge >= 0.3 is 0 Å². The summed E-state index contributed by atoms with van der Waals surface area (Å²) in [6.07, 6.45) is 2.19. The van der Waals surface area contributed by atoms with E-state index in [0.29, 0.717) is 11.5 Å². The van der Waals surface area contributed by atoms with Gasteiger partial charge in [-0.3, -0.25) is 4.79 Å². The summed E-state index contributed by atoms with van der Waals surface area (Å²) < 4.78 is 13.0. The summed E-state index contributed by atoms with van der Waals surface area (Å²) in [6.45, 7) is 3.68. The van der Waals surface area contributed by atoms with Crippen LogP contribution in [0.3, 0.4) is 0 Å². The van der Waals surface area contributed by atoms with Crippen molar-refractivity contribution < 1.29 is 9.18 Å². The van der Waals surface area contributed by atoms with Crippen LogP contribution >= 0.6 is 11.6 Å². The summed E-state index contributed by atoms with van der Waals surface area (Å²) in [5.74, 6) is -0.0164. The monoisotopic (exact) mass is 255 g/mol. The lowest BCUT2D eigenvalue weighted by Crippen LogP contribution is -2.39. The van der Waals surface area contributed by atoms with Crippen molar-refractivity contribution in [2.75, 3.05) is 13.1 Å². The number of nitrogens with zero attached hydrogens (tertiary/aromatic N) is 1. The molecule has 0 aromatic heterocycles. The number of likely N-dealkylation sites (tertiary alicyclic amines) is 1. The Balaban J connectivity index is 2.15. The Labute approximate surface area is 105 Å². The topological polar surface area (TPSA) is 20.3 Å². The molecular weight excluding hydrogens is 241 g/mol. The number of carbonyl (C=O) groups is 1. The molecule has 0 spiro atoms. The highest BCUT2D eigenvalue weighted by atomic mass is 35.5. The van der Waals surface area contributed by atoms with Gasteiger partial charge in [-0.15, -0.1) is 0 Å². The van der Waals surface area contributed by atoms with Gasteiger partial charge in [0.15, 0.2) is 0 Å². The Morgan fingerprint density at radius 3 is 2.94 bits per heavy atom. The van der Waals surface area contributed by atoms with Crippen molar-refractivity contribution >= 4 is 17.5 Å². The van der Waals surface area contributed by atoms with Gasteiger partial charge in [-0.1, -0.05) is 18.5 Å². The molecule has 1 aliphatic heterocycles. The molecule has 1 aromatic rings. The molecule has 0 bridgehead atoms. The molecule has 2 nitrogen and oxygen atoms in total. The van der Waals surface area contributed by atoms with E-state index in [4.69, 9.17) is 11.6 Å². The number of hydrogen-bond donors (Lipinski definition) is 0. The summed E-state index contributed by atoms with van der Waals surface area (Å²) in [5.41, 5.74) is 0.463. The van der Waals surface area contributed by atoms with E-state index in [-0.39, 0.29) is 10.9 Å². The molecule has 92 valence electrons. The third-order valence-electron chi connectivity index (χ3n) is 3.11. The molecule has 1 aliphatic rings. The minimum Gasteiger partial charge on any atom is -0.338 e. The smallest absolute Gasteiger partial charge is 0.253 e. The molecule has 17 heavy (non-hydrogen) atoms. The zero-order valence-corrected chi connectivity index (χ0v) is 10.5. The molecule has 1 amide bonds. The molecule has 1 unspecified atom stereocenters. The Kier molecular flexibility index (Phi) is 3.67. The number of halogens is 2. The molecule has 0 radical (unpaired) electrons. The number of piperidine rings is 1. The van der Waals surface area contributed by atoms with Crippen LogP contribution in [0.15, 0.2) is 18.2 Å². The number of benzene rings is 1. The van der Waals surface area contributed by atoms with Crippen LogP contribution in [0.2, 0.25) is 5.02 Å². The van der Waals surface area contributed by atoms with Crippen LogP contribution in [-0.4, -0.2) is 23.9 Å². The number of hydrogen-bond acceptors (Lipinski definition) is 1. The van der Waals surface area contributed by atoms with Gasteiger partial charge in [-0.05, 0) is 37.0 Å². The minimum absolute atomic E-state index is 0.000841. The molecular formula is C13H15ClFNO. The fourth-order valence-electron chi connectivity index (χ4n) is 2.19. The van der Waals surface area contributed by atoms with Gasteiger partial charge in [0.25, 0.3) is 5.91 Å². The largest absolute Gasteiger partial charge is 0.338 e. The van der Waals surface area contributed by atoms with Crippen LogP contribution in [0.1, 0.15) is 30.1 Å². The van der Waals surface area contributed by atoms with Crippen LogP contribution in [0, 0.1) is 11.7 Å². The fourth-order valence-corrected chi connectivity index (χ4v) is 2.37. The van der Waals surface area contributed by atoms with Crippen molar-refractivity contribution in [1.29, 1.82) is 0 Å². The first-order valence-electron chi connectivity index (χ1n) is 5.82. The average molecular weight is 256 g/mol. The van der Waals surface area contributed by atoms with Gasteiger partial charge in [0, 0.05) is 18.7 Å². The van der Waals surface area contributed by atoms with Gasteiger partial charge < -0.3 is 4.90 Å². The number of amides is 1. The van der Waals surface area contributed by atoms with Crippen molar-refractivity contribution in [1.82, 2.24) is 4.90 Å². The highest BCUT2D eigenvalue weighted by molar-refractivity contribution is 6.31. The van der Waals surface area contributed by atoms with E-state index in [1.165, 1.54) is 18.2 Å². The standard InChI is InChI=1S/C13H15ClFNO/c1-9-3-2-6-16(8-9)13(17)10-4-5-12(15)11(14)7-10/h4-5,7,9H,2-3,6,8H2,1H3. The normalized spacial score (nSPS) is 20.4. The summed E-state index contributed by atoms with van der Waals surface area (Å²) >= 11 is 5.68. The maximum Gasteiger partial charge on any atom is 0.253 e. The predicted molar refractivity (Wildman–Crippen MR) is 65.7 cm³/mol. The first-order valence-corrected chi connectivity index (χ1v) is 6.20. The van der Waals surface area contributed by atoms with Crippen molar-refractivity contribution in [3.05, 3.63) is 34.6 Å². The lowest BCUT2D eigenvalue weighted by Gasteiger charge is -2.31. The second-order valence-electron chi connectivity index (χ2n) is 4.63. The highest BCUT2D eigenvalue weighted by Crippen LogP contribution is 2.21. The predicted octanol–water partition coefficient (Wildman–Crippen LogP) is 3.35. The summed E-state index contributed by atoms with van der Waals surface area (Å²) in [5, 5.41) is 0.000841. The van der Waals surface area contributed by atoms with E-state index in [2.05, 4.69) is 6.92 Å². The summed E-state index contributed by atoms with van der Waals surface area (Å²) in [6, 6.07) is 4.13. The molecule has 1 heterocycles. The highest BCUT2D eigenvalue weighted by Gasteiger charge is 2.22. The van der Waals surface area contributed by atoms with E-state index in [9.17, 15) is 9.18 Å². The van der Waals surface area contributed by atoms with Gasteiger partial charge in [-0.25, -0.2) is 4.39 Å². The molecule has 4 heteroatoms. The van der Waals surface area contributed by atoms with Gasteiger partial charge in [0.05, 0.1) is 5.02 Å². The van der Waals surface area contributed by atoms with Crippen molar-refractivity contribution in [3.63, 3.8) is 0 Å². The molecule has 0 saturated carbocycles. The molecule has 1 fully saturated rings. The maximum atomic E-state index is 13.0. The molecule has 2 rings (SSSR count). The van der Waals surface area contributed by atoms with Gasteiger partial charge in [0.2, 0.25) is 0 Å². The second-order valence-corrected chi connectivity index (χ2v) is 5.03. The molecule has 0 aliphatic carbocycles. The van der Waals surface area contributed by atoms with E-state index in [1.807, 2.05) is 4.90 Å². The minimum atomic E-state index is -0.491. The molecule has 0 N–H and O–H groups in total. The summed E-state index contributed by atoms with van der Waals surface area (Å²) in [7, 11) is 0. The molecule has 1 saturated heterocycles. The Bertz CT molecular complexity index is 435. The van der Waals surface area contributed by atoms with Gasteiger partial charge in [0.1, 0.15) is 5.82 Å². The van der Waals surface area contributed by atoms with Crippen molar-refractivity contribution in [2.24, 2.45) is 5.92 Å². The number of rotatable bonds is 1. The van der Waals surface area contributed by atoms with E-state index >= 15 is 0 Å². The lowest BCUT2D eigenvalue weighted by atomic mass is 9.99. The van der Waals surface area contributed by atoms with Crippen LogP contribution in [0.4, 0.5) is 4.39 Å². The quantitative estimate of drug-likeness (QED) is 0.754. The van der Waals surface area contributed by atoms with Gasteiger partial charge in [-0.2, -0.15) is 0 Å². The SMILES string of the molecule is CC1CCCN(C(=O)c2ccc(F)c(Cl)c2)C1. The van der Waals surface area contributed by atoms with Crippen LogP contribution in [0.5, 0.6) is 0 Å². The molecule has 1 aromatic carbocycles. The Morgan fingerprint density at radius 2 is 2.29 bits per heavy atom. The second kappa shape index (κ2) is 5.05. The lowest BCUT2D eigenvalue weighted by molar-refractivity contribution is 0.0683. The zero-order valence-electron chi connectivity index (χ0n) is 9.75. The van der Waals surface area contributed by atoms with E-state index in [0.717, 1.165) is 25.9 Å². The first kappa shape index (κ1) is 12.4. The Morgan fingerprint density at radius 1 is 1.53 bits per heavy atom. The van der Waals surface area contributed by atoms with Crippen LogP contribution in [-0.2, 0) is 0 Å². The van der Waals surface area contributed by atoms with Crippen molar-refractivity contribution in [3.8, 4) is 0 Å². The molecule has 1 atom stereocenters. The fraction of sp³-hybridized carbons (Fsp3) is 0.462. The van der Waals surface area contributed by atoms with E-state index in [1.54, 1.807) is 0 Å². The van der Waals surface area contributed by atoms with Crippen LogP contribution in [0.25, 0.3) is 0 Å². The third-order valence-corrected chi connectivity index (χ3v) is 3.40. The number of carbonyl (C=O) groups excluding carboxylic acids is 1. The summed E-state index contributed by atoms with van der Waals surface area (Å²) in [4.78, 5) is 14.0. The Hall–Kier alpha value is -1.09. The average Bonchev–Trinajstić information content (AvgIpc) is 2.32. The third kappa shape index (κ3) is 2.78. The maximum absolute atomic E-state index is 13.0. The first-order chi connectivity index (χ1) is 8.08. The van der Waals surface area contributed by atoms with Crippen molar-refractivity contribution in [2.45, 2.75) is 19.8 Å². The van der Waals surface area contributed by atoms with Crippen LogP contribution < -0.4 is 0 Å².